The van der Waals surface area contributed by atoms with Crippen LogP contribution in [0.2, 0.25) is 0 Å². The minimum Gasteiger partial charge on any atom is -0.342 e. The van der Waals surface area contributed by atoms with Gasteiger partial charge in [0.2, 0.25) is 5.91 Å². The molecule has 3 aromatic rings. The van der Waals surface area contributed by atoms with E-state index in [1.807, 2.05) is 6.07 Å². The fraction of sp³-hybridized carbons (Fsp3) is 0.529. The second-order valence-corrected chi connectivity index (χ2v) is 12.5. The fourth-order valence-corrected chi connectivity index (χ4v) is 8.21. The minimum atomic E-state index is -0.0922. The van der Waals surface area contributed by atoms with E-state index in [-0.39, 0.29) is 5.92 Å². The van der Waals surface area contributed by atoms with E-state index in [1.54, 1.807) is 0 Å². The van der Waals surface area contributed by atoms with Gasteiger partial charge in [-0.3, -0.25) is 9.59 Å². The molecule has 1 unspecified atom stereocenters. The Kier molecular flexibility index (Phi) is 6.80. The zero-order valence-electron chi connectivity index (χ0n) is 23.1. The normalized spacial score (nSPS) is 23.0. The van der Waals surface area contributed by atoms with Gasteiger partial charge in [0.25, 0.3) is 0 Å². The molecular weight excluding hydrogens is 482 g/mol. The Morgan fingerprint density at radius 2 is 1.62 bits per heavy atom. The first-order valence-electron chi connectivity index (χ1n) is 15.4. The first kappa shape index (κ1) is 25.1. The van der Waals surface area contributed by atoms with Crippen molar-refractivity contribution in [3.05, 3.63) is 59.2 Å². The van der Waals surface area contributed by atoms with Crippen LogP contribution in [0.1, 0.15) is 85.2 Å². The van der Waals surface area contributed by atoms with Gasteiger partial charge in [0.1, 0.15) is 6.29 Å². The second kappa shape index (κ2) is 10.6. The molecule has 39 heavy (non-hydrogen) atoms. The van der Waals surface area contributed by atoms with Crippen LogP contribution in [-0.2, 0) is 17.8 Å². The molecule has 3 fully saturated rings. The number of hydrogen-bond donors (Lipinski definition) is 0. The van der Waals surface area contributed by atoms with E-state index in [4.69, 9.17) is 0 Å². The largest absolute Gasteiger partial charge is 0.342 e. The number of rotatable bonds is 4. The predicted molar refractivity (Wildman–Crippen MR) is 156 cm³/mol. The topological polar surface area (TPSA) is 45.6 Å². The number of aromatic nitrogens is 1. The molecule has 7 rings (SSSR count). The Balaban J connectivity index is 1.27. The molecule has 1 aliphatic carbocycles. The molecule has 3 aliphatic heterocycles. The lowest BCUT2D eigenvalue weighted by Crippen LogP contribution is -2.48. The van der Waals surface area contributed by atoms with Gasteiger partial charge in [0.05, 0.1) is 11.6 Å². The van der Waals surface area contributed by atoms with Crippen molar-refractivity contribution in [1.82, 2.24) is 14.4 Å². The Bertz CT molecular complexity index is 1370. The van der Waals surface area contributed by atoms with E-state index in [1.165, 1.54) is 85.8 Å². The van der Waals surface area contributed by atoms with Crippen molar-refractivity contribution in [2.75, 3.05) is 26.2 Å². The number of benzene rings is 2. The maximum absolute atomic E-state index is 14.2. The zero-order chi connectivity index (χ0) is 26.3. The molecule has 1 atom stereocenters. The van der Waals surface area contributed by atoms with Crippen LogP contribution in [0.15, 0.2) is 42.5 Å². The summed E-state index contributed by atoms with van der Waals surface area (Å²) in [5.74, 6) is 0.750. The Labute approximate surface area is 232 Å². The van der Waals surface area contributed by atoms with Crippen LogP contribution < -0.4 is 0 Å². The first-order chi connectivity index (χ1) is 19.2. The number of hydrogen-bond acceptors (Lipinski definition) is 3. The van der Waals surface area contributed by atoms with Crippen LogP contribution in [0, 0.1) is 5.92 Å². The molecule has 2 aromatic carbocycles. The van der Waals surface area contributed by atoms with Crippen molar-refractivity contribution in [2.45, 2.75) is 82.7 Å². The number of carbonyl (C=O) groups is 2. The number of likely N-dealkylation sites (tertiary alicyclic amines) is 2. The average Bonchev–Trinajstić information content (AvgIpc) is 3.60. The molecular formula is C34H41N3O2. The van der Waals surface area contributed by atoms with Gasteiger partial charge in [-0.1, -0.05) is 55.7 Å². The van der Waals surface area contributed by atoms with Gasteiger partial charge >= 0.3 is 0 Å². The summed E-state index contributed by atoms with van der Waals surface area (Å²) in [7, 11) is 0. The maximum atomic E-state index is 14.2. The van der Waals surface area contributed by atoms with E-state index in [0.29, 0.717) is 30.0 Å². The predicted octanol–water partition coefficient (Wildman–Crippen LogP) is 6.43. The summed E-state index contributed by atoms with van der Waals surface area (Å²) in [5.41, 5.74) is 7.16. The first-order valence-corrected chi connectivity index (χ1v) is 15.4. The highest BCUT2D eigenvalue weighted by atomic mass is 16.2. The number of amides is 1. The summed E-state index contributed by atoms with van der Waals surface area (Å²) in [6.45, 7) is 4.89. The molecule has 2 saturated heterocycles. The molecule has 0 spiro atoms. The number of carbonyl (C=O) groups excluding carboxylic acids is 2. The molecule has 4 heterocycles. The summed E-state index contributed by atoms with van der Waals surface area (Å²) < 4.78 is 2.43. The quantitative estimate of drug-likeness (QED) is 0.370. The van der Waals surface area contributed by atoms with Crippen molar-refractivity contribution in [1.29, 1.82) is 0 Å². The smallest absolute Gasteiger partial charge is 0.227 e. The summed E-state index contributed by atoms with van der Waals surface area (Å²) >= 11 is 0. The molecule has 0 bridgehead atoms. The zero-order valence-corrected chi connectivity index (χ0v) is 23.1. The maximum Gasteiger partial charge on any atom is 0.227 e. The molecule has 1 amide bonds. The molecule has 5 heteroatoms. The van der Waals surface area contributed by atoms with Crippen LogP contribution >= 0.6 is 0 Å². The van der Waals surface area contributed by atoms with Crippen molar-refractivity contribution in [3.8, 4) is 11.3 Å². The molecule has 0 N–H and O–H groups in total. The van der Waals surface area contributed by atoms with E-state index >= 15 is 0 Å². The summed E-state index contributed by atoms with van der Waals surface area (Å²) in [6, 6.07) is 15.6. The molecule has 0 radical (unpaired) electrons. The number of fused-ring (bicyclic) bond motifs is 5. The highest BCUT2D eigenvalue weighted by molar-refractivity contribution is 5.96. The Morgan fingerprint density at radius 1 is 0.846 bits per heavy atom. The lowest BCUT2D eigenvalue weighted by atomic mass is 9.81. The van der Waals surface area contributed by atoms with E-state index in [9.17, 15) is 9.59 Å². The second-order valence-electron chi connectivity index (χ2n) is 12.5. The minimum absolute atomic E-state index is 0.0922. The molecule has 4 aliphatic rings. The van der Waals surface area contributed by atoms with Gasteiger partial charge in [0.15, 0.2) is 0 Å². The number of piperidine rings is 1. The third kappa shape index (κ3) is 4.53. The molecule has 1 saturated carbocycles. The summed E-state index contributed by atoms with van der Waals surface area (Å²) in [4.78, 5) is 30.8. The van der Waals surface area contributed by atoms with Crippen molar-refractivity contribution < 1.29 is 9.59 Å². The van der Waals surface area contributed by atoms with Gasteiger partial charge < -0.3 is 14.4 Å². The SMILES string of the molecule is O=Cc1ccc2c(C3CCCCC3)c3n(c2c1)CC(C(=O)N1CCC(N2CCCC2)CC1)Cc1ccccc1-3. The monoisotopic (exact) mass is 523 g/mol. The third-order valence-corrected chi connectivity index (χ3v) is 10.2. The van der Waals surface area contributed by atoms with Crippen molar-refractivity contribution in [3.63, 3.8) is 0 Å². The van der Waals surface area contributed by atoms with Gasteiger partial charge in [-0.2, -0.15) is 0 Å². The van der Waals surface area contributed by atoms with Crippen LogP contribution in [0.4, 0.5) is 0 Å². The van der Waals surface area contributed by atoms with Gasteiger partial charge in [-0.05, 0) is 81.1 Å². The number of nitrogens with zero attached hydrogens (tertiary/aromatic N) is 3. The van der Waals surface area contributed by atoms with E-state index in [2.05, 4.69) is 50.8 Å². The fourth-order valence-electron chi connectivity index (χ4n) is 8.21. The Hall–Kier alpha value is -2.92. The van der Waals surface area contributed by atoms with Crippen LogP contribution in [0.3, 0.4) is 0 Å². The van der Waals surface area contributed by atoms with Crippen LogP contribution in [0.5, 0.6) is 0 Å². The van der Waals surface area contributed by atoms with Crippen molar-refractivity contribution >= 4 is 23.1 Å². The number of aldehydes is 1. The molecule has 204 valence electrons. The van der Waals surface area contributed by atoms with Gasteiger partial charge in [0, 0.05) is 47.7 Å². The molecule has 5 nitrogen and oxygen atoms in total. The standard InChI is InChI=1S/C34H41N3O2/c38-23-24-12-13-30-31(20-24)37-22-27(34(39)36-18-14-28(15-19-36)35-16-6-7-17-35)21-26-10-4-5-11-29(26)33(37)32(30)25-8-2-1-3-9-25/h4-5,10-13,20,23,25,27-28H,1-3,6-9,14-19,21-22H2. The van der Waals surface area contributed by atoms with Gasteiger partial charge in [-0.25, -0.2) is 0 Å². The average molecular weight is 524 g/mol. The third-order valence-electron chi connectivity index (χ3n) is 10.2. The highest BCUT2D eigenvalue weighted by Crippen LogP contribution is 2.46. The molecule has 1 aromatic heterocycles. The highest BCUT2D eigenvalue weighted by Gasteiger charge is 2.36. The van der Waals surface area contributed by atoms with Crippen molar-refractivity contribution in [2.24, 2.45) is 5.92 Å². The van der Waals surface area contributed by atoms with E-state index in [0.717, 1.165) is 44.2 Å². The Morgan fingerprint density at radius 3 is 2.38 bits per heavy atom. The van der Waals surface area contributed by atoms with Crippen LogP contribution in [-0.4, -0.2) is 58.8 Å². The van der Waals surface area contributed by atoms with E-state index < -0.39 is 0 Å². The summed E-state index contributed by atoms with van der Waals surface area (Å²) in [5, 5.41) is 1.27. The lowest BCUT2D eigenvalue weighted by Gasteiger charge is -2.38. The lowest BCUT2D eigenvalue weighted by molar-refractivity contribution is -0.137. The van der Waals surface area contributed by atoms with Crippen LogP contribution in [0.25, 0.3) is 22.2 Å². The van der Waals surface area contributed by atoms with Gasteiger partial charge in [-0.15, -0.1) is 0 Å². The summed E-state index contributed by atoms with van der Waals surface area (Å²) in [6.07, 6.45) is 12.9.